The molecule has 12 amide bonds. The molecule has 0 spiro atoms. The Morgan fingerprint density at radius 3 is 1.48 bits per heavy atom. The number of nitrogens with one attached hydrogen (secondary N) is 9. The summed E-state index contributed by atoms with van der Waals surface area (Å²) in [5.41, 5.74) is 19.4. The van der Waals surface area contributed by atoms with E-state index in [-0.39, 0.29) is 32.2 Å². The van der Waals surface area contributed by atoms with Crippen LogP contribution in [0.1, 0.15) is 84.4 Å². The lowest BCUT2D eigenvalue weighted by Crippen LogP contribution is -2.62. The van der Waals surface area contributed by atoms with Crippen LogP contribution in [-0.2, 0) is 76.8 Å². The van der Waals surface area contributed by atoms with Crippen LogP contribution in [0.2, 0.25) is 0 Å². The van der Waals surface area contributed by atoms with E-state index in [0.717, 1.165) is 11.1 Å². The van der Waals surface area contributed by atoms with Crippen molar-refractivity contribution in [1.82, 2.24) is 52.8 Å². The van der Waals surface area contributed by atoms with E-state index >= 15 is 0 Å². The SMILES string of the molecule is CC(C)[C@H](NC(=O)[C@H](CC(N)=O)NC(=O)[C@@H](NC(=O)[C@@H]1CCCN1C(=O)[C@@H](NC(=O)[C@@H](N)Cc1ccccc1)C(C)C)[C@@H](C)O)C(=O)NCC(=O)N[C@@H](C)C(=O)N[C@@H](Cc1ccccc1)C(=O)N[C@@H](C)C(=O)N[C@@H](Cc1ccccc1)C(N)=O. The second kappa shape index (κ2) is 32.8. The van der Waals surface area contributed by atoms with Crippen LogP contribution in [0.15, 0.2) is 91.0 Å². The van der Waals surface area contributed by atoms with Crippen molar-refractivity contribution in [2.75, 3.05) is 13.1 Å². The number of nitrogens with two attached hydrogens (primary N) is 3. The Morgan fingerprint density at radius 1 is 0.512 bits per heavy atom. The number of primary amides is 2. The predicted molar refractivity (Wildman–Crippen MR) is 307 cm³/mol. The third kappa shape index (κ3) is 21.2. The Hall–Kier alpha value is -8.78. The summed E-state index contributed by atoms with van der Waals surface area (Å²) < 4.78 is 0. The summed E-state index contributed by atoms with van der Waals surface area (Å²) in [4.78, 5) is 162. The second-order valence-electron chi connectivity index (χ2n) is 21.5. The number of aliphatic hydroxyl groups excluding tert-OH is 1. The summed E-state index contributed by atoms with van der Waals surface area (Å²) in [6.45, 7) is 9.83. The summed E-state index contributed by atoms with van der Waals surface area (Å²) in [5.74, 6) is -11.2. The van der Waals surface area contributed by atoms with Crippen molar-refractivity contribution < 1.29 is 62.6 Å². The summed E-state index contributed by atoms with van der Waals surface area (Å²) in [6, 6.07) is 13.6. The fourth-order valence-electron chi connectivity index (χ4n) is 9.07. The molecule has 1 aliphatic heterocycles. The zero-order chi connectivity index (χ0) is 62.4. The minimum absolute atomic E-state index is 0.0374. The number of hydrogen-bond acceptors (Lipinski definition) is 14. The van der Waals surface area contributed by atoms with Gasteiger partial charge in [0.15, 0.2) is 0 Å². The number of nitrogens with zero attached hydrogens (tertiary/aromatic N) is 1. The van der Waals surface area contributed by atoms with Crippen LogP contribution in [-0.4, -0.2) is 161 Å². The standard InChI is InChI=1S/C58H81N13O13/c1-31(2)46(56(82)62-30-45(74)63-33(5)50(76)66-41(28-38-22-15-10-16-23-38)53(79)64-34(6)51(77)65-40(49(61)75)27-37-20-13-9-14-21-37)68-54(80)42(29-44(60)73)67-57(83)48(35(7)72)70-55(81)43-24-17-25-71(43)58(84)47(32(3)4)69-52(78)39(59)26-36-18-11-8-12-19-36/h8-16,18-23,31-35,39-43,46-48,72H,17,24-30,59H2,1-7H3,(H2,60,73)(H2,61,75)(H,62,82)(H,63,74)(H,64,79)(H,65,77)(H,66,76)(H,67,83)(H,68,80)(H,69,78)(H,70,81)/t33-,34-,35+,39-,40-,41-,42-,43-,46-,47-,48-/m0/s1. The highest BCUT2D eigenvalue weighted by Crippen LogP contribution is 2.21. The lowest BCUT2D eigenvalue weighted by Gasteiger charge is -2.32. The van der Waals surface area contributed by atoms with E-state index in [4.69, 9.17) is 17.2 Å². The van der Waals surface area contributed by atoms with Gasteiger partial charge in [0.2, 0.25) is 70.9 Å². The molecule has 0 bridgehead atoms. The van der Waals surface area contributed by atoms with Gasteiger partial charge in [-0.2, -0.15) is 0 Å². The van der Waals surface area contributed by atoms with Gasteiger partial charge in [-0.15, -0.1) is 0 Å². The van der Waals surface area contributed by atoms with E-state index in [2.05, 4.69) is 47.9 Å². The number of amides is 12. The lowest BCUT2D eigenvalue weighted by molar-refractivity contribution is -0.143. The minimum Gasteiger partial charge on any atom is -0.391 e. The maximum atomic E-state index is 14.0. The van der Waals surface area contributed by atoms with E-state index < -0.39 is 162 Å². The Bertz CT molecular complexity index is 2790. The van der Waals surface area contributed by atoms with Gasteiger partial charge < -0.3 is 75.1 Å². The molecule has 3 aromatic carbocycles. The number of carbonyl (C=O) groups excluding carboxylic acids is 12. The number of carbonyl (C=O) groups is 12. The normalized spacial score (nSPS) is 16.5. The molecule has 1 fully saturated rings. The molecule has 0 saturated carbocycles. The smallest absolute Gasteiger partial charge is 0.246 e. The third-order valence-corrected chi connectivity index (χ3v) is 13.9. The number of rotatable bonds is 31. The molecule has 1 aliphatic rings. The fourth-order valence-corrected chi connectivity index (χ4v) is 9.07. The highest BCUT2D eigenvalue weighted by atomic mass is 16.3. The molecular formula is C58H81N13O13. The minimum atomic E-state index is -1.76. The zero-order valence-corrected chi connectivity index (χ0v) is 48.3. The van der Waals surface area contributed by atoms with Crippen LogP contribution in [0.5, 0.6) is 0 Å². The molecule has 1 saturated heterocycles. The first-order chi connectivity index (χ1) is 39.7. The van der Waals surface area contributed by atoms with Crippen LogP contribution in [0.3, 0.4) is 0 Å². The molecule has 26 nitrogen and oxygen atoms in total. The predicted octanol–water partition coefficient (Wildman–Crippen LogP) is -2.88. The van der Waals surface area contributed by atoms with Gasteiger partial charge in [-0.3, -0.25) is 57.5 Å². The van der Waals surface area contributed by atoms with Crippen molar-refractivity contribution in [1.29, 1.82) is 0 Å². The van der Waals surface area contributed by atoms with Gasteiger partial charge >= 0.3 is 0 Å². The van der Waals surface area contributed by atoms with E-state index in [1.165, 1.54) is 25.7 Å². The van der Waals surface area contributed by atoms with Crippen molar-refractivity contribution in [3.05, 3.63) is 108 Å². The van der Waals surface area contributed by atoms with Crippen molar-refractivity contribution in [3.63, 3.8) is 0 Å². The van der Waals surface area contributed by atoms with E-state index in [1.807, 2.05) is 30.3 Å². The number of likely N-dealkylation sites (tertiary alicyclic amines) is 1. The van der Waals surface area contributed by atoms with Crippen molar-refractivity contribution >= 4 is 70.9 Å². The van der Waals surface area contributed by atoms with Crippen LogP contribution in [0.4, 0.5) is 0 Å². The molecular weight excluding hydrogens is 1090 g/mol. The Balaban J connectivity index is 1.35. The summed E-state index contributed by atoms with van der Waals surface area (Å²) in [5, 5.41) is 33.2. The topological polar surface area (TPSA) is 415 Å². The van der Waals surface area contributed by atoms with E-state index in [9.17, 15) is 62.6 Å². The van der Waals surface area contributed by atoms with Crippen molar-refractivity contribution in [2.24, 2.45) is 29.0 Å². The lowest BCUT2D eigenvalue weighted by atomic mass is 10.00. The average molecular weight is 1170 g/mol. The number of benzene rings is 3. The maximum absolute atomic E-state index is 14.0. The molecule has 16 N–H and O–H groups in total. The van der Waals surface area contributed by atoms with Gasteiger partial charge in [-0.05, 0) is 68.6 Å². The van der Waals surface area contributed by atoms with Crippen LogP contribution < -0.4 is 65.1 Å². The summed E-state index contributed by atoms with van der Waals surface area (Å²) in [7, 11) is 0. The number of hydrogen-bond donors (Lipinski definition) is 13. The molecule has 456 valence electrons. The fraction of sp³-hybridized carbons (Fsp3) is 0.483. The van der Waals surface area contributed by atoms with Gasteiger partial charge in [0, 0.05) is 19.4 Å². The second-order valence-corrected chi connectivity index (χ2v) is 21.5. The third-order valence-electron chi connectivity index (χ3n) is 13.9. The largest absolute Gasteiger partial charge is 0.391 e. The average Bonchev–Trinajstić information content (AvgIpc) is 4.11. The first-order valence-corrected chi connectivity index (χ1v) is 27.8. The monoisotopic (exact) mass is 1170 g/mol. The van der Waals surface area contributed by atoms with Crippen LogP contribution in [0.25, 0.3) is 0 Å². The molecule has 26 heteroatoms. The van der Waals surface area contributed by atoms with Crippen LogP contribution >= 0.6 is 0 Å². The van der Waals surface area contributed by atoms with Gasteiger partial charge in [-0.1, -0.05) is 119 Å². The highest BCUT2D eigenvalue weighted by molar-refractivity contribution is 5.99. The molecule has 1 heterocycles. The van der Waals surface area contributed by atoms with Gasteiger partial charge in [0.25, 0.3) is 0 Å². The Labute approximate surface area is 488 Å². The van der Waals surface area contributed by atoms with Gasteiger partial charge in [0.05, 0.1) is 25.1 Å². The molecule has 0 aromatic heterocycles. The quantitative estimate of drug-likeness (QED) is 0.0308. The maximum Gasteiger partial charge on any atom is 0.246 e. The van der Waals surface area contributed by atoms with Crippen molar-refractivity contribution in [3.8, 4) is 0 Å². The molecule has 0 unspecified atom stereocenters. The van der Waals surface area contributed by atoms with Gasteiger partial charge in [0.1, 0.15) is 54.4 Å². The highest BCUT2D eigenvalue weighted by Gasteiger charge is 2.42. The van der Waals surface area contributed by atoms with Gasteiger partial charge in [-0.25, -0.2) is 0 Å². The van der Waals surface area contributed by atoms with E-state index in [1.54, 1.807) is 88.4 Å². The van der Waals surface area contributed by atoms with E-state index in [0.29, 0.717) is 12.0 Å². The van der Waals surface area contributed by atoms with Crippen LogP contribution in [0, 0.1) is 11.8 Å². The zero-order valence-electron chi connectivity index (χ0n) is 48.3. The first kappa shape index (κ1) is 67.7. The molecule has 0 radical (unpaired) electrons. The summed E-state index contributed by atoms with van der Waals surface area (Å²) in [6.07, 6.45) is -1.58. The molecule has 4 rings (SSSR count). The number of aliphatic hydroxyl groups is 1. The first-order valence-electron chi connectivity index (χ1n) is 27.8. The summed E-state index contributed by atoms with van der Waals surface area (Å²) >= 11 is 0. The molecule has 0 aliphatic carbocycles. The Kier molecular flexibility index (Phi) is 26.4. The Morgan fingerprint density at radius 2 is 0.976 bits per heavy atom. The molecule has 84 heavy (non-hydrogen) atoms. The molecule has 3 aromatic rings. The van der Waals surface area contributed by atoms with Crippen molar-refractivity contribution in [2.45, 2.75) is 154 Å². The molecule has 11 atom stereocenters.